The molecule has 3 aromatic heterocycles. The second kappa shape index (κ2) is 6.87. The van der Waals surface area contributed by atoms with Crippen molar-refractivity contribution < 1.29 is 9.59 Å². The number of fused-ring (bicyclic) bond motifs is 1. The van der Waals surface area contributed by atoms with Gasteiger partial charge in [-0.1, -0.05) is 6.08 Å². The van der Waals surface area contributed by atoms with Crippen molar-refractivity contribution in [3.8, 4) is 0 Å². The van der Waals surface area contributed by atoms with Crippen molar-refractivity contribution in [3.05, 3.63) is 46.6 Å². The summed E-state index contributed by atoms with van der Waals surface area (Å²) in [7, 11) is 0. The number of aromatic nitrogens is 3. The van der Waals surface area contributed by atoms with Crippen LogP contribution in [0.2, 0.25) is 0 Å². The topological polar surface area (TPSA) is 82.2 Å². The molecule has 142 valence electrons. The molecule has 1 saturated carbocycles. The third-order valence-electron chi connectivity index (χ3n) is 5.33. The molecular weight excluding hydrogens is 374 g/mol. The summed E-state index contributed by atoms with van der Waals surface area (Å²) in [6, 6.07) is 4.28. The van der Waals surface area contributed by atoms with Crippen LogP contribution in [0.1, 0.15) is 35.3 Å². The van der Waals surface area contributed by atoms with Gasteiger partial charge in [-0.05, 0) is 42.5 Å². The Balaban J connectivity index is 1.46. The molecule has 1 N–H and O–H groups in total. The Labute approximate surface area is 165 Å². The van der Waals surface area contributed by atoms with E-state index in [9.17, 15) is 9.59 Å². The molecule has 0 aromatic carbocycles. The Hall–Kier alpha value is -3.00. The highest BCUT2D eigenvalue weighted by Gasteiger charge is 2.31. The molecule has 7 nitrogen and oxygen atoms in total. The van der Waals surface area contributed by atoms with Gasteiger partial charge >= 0.3 is 0 Å². The predicted octanol–water partition coefficient (Wildman–Crippen LogP) is 3.07. The highest BCUT2D eigenvalue weighted by Crippen LogP contribution is 2.35. The molecule has 3 aromatic rings. The van der Waals surface area contributed by atoms with E-state index in [1.165, 1.54) is 16.9 Å². The smallest absolute Gasteiger partial charge is 0.273 e. The number of H-pyrrole nitrogens is 1. The molecule has 0 bridgehead atoms. The van der Waals surface area contributed by atoms with E-state index in [0.29, 0.717) is 24.6 Å². The van der Waals surface area contributed by atoms with E-state index in [2.05, 4.69) is 21.0 Å². The quantitative estimate of drug-likeness (QED) is 0.676. The first-order valence-corrected chi connectivity index (χ1v) is 10.3. The summed E-state index contributed by atoms with van der Waals surface area (Å²) in [6.45, 7) is 1.20. The van der Waals surface area contributed by atoms with Crippen LogP contribution in [0.3, 0.4) is 0 Å². The molecule has 0 unspecified atom stereocenters. The maximum Gasteiger partial charge on any atom is 0.273 e. The van der Waals surface area contributed by atoms with Crippen LogP contribution < -0.4 is 4.90 Å². The molecule has 1 fully saturated rings. The van der Waals surface area contributed by atoms with Crippen LogP contribution >= 0.6 is 11.3 Å². The number of anilines is 1. The fourth-order valence-electron chi connectivity index (χ4n) is 3.68. The van der Waals surface area contributed by atoms with Gasteiger partial charge in [0.25, 0.3) is 5.91 Å². The summed E-state index contributed by atoms with van der Waals surface area (Å²) in [4.78, 5) is 39.6. The molecular formula is C20H19N5O2S. The van der Waals surface area contributed by atoms with E-state index in [0.717, 1.165) is 42.3 Å². The van der Waals surface area contributed by atoms with Gasteiger partial charge in [0.05, 0.1) is 5.51 Å². The summed E-state index contributed by atoms with van der Waals surface area (Å²) < 4.78 is 0. The van der Waals surface area contributed by atoms with Crippen LogP contribution in [0.15, 0.2) is 35.3 Å². The maximum atomic E-state index is 12.5. The van der Waals surface area contributed by atoms with Crippen molar-refractivity contribution in [2.75, 3.05) is 18.0 Å². The lowest BCUT2D eigenvalue weighted by molar-refractivity contribution is -0.107. The summed E-state index contributed by atoms with van der Waals surface area (Å²) in [6.07, 6.45) is 7.65. The highest BCUT2D eigenvalue weighted by molar-refractivity contribution is 7.07. The molecule has 5 rings (SSSR count). The number of hydrogen-bond acceptors (Lipinski definition) is 5. The predicted molar refractivity (Wildman–Crippen MR) is 108 cm³/mol. The second-order valence-electron chi connectivity index (χ2n) is 7.12. The van der Waals surface area contributed by atoms with Crippen molar-refractivity contribution in [2.45, 2.75) is 25.3 Å². The van der Waals surface area contributed by atoms with Crippen LogP contribution in [0.4, 0.5) is 5.82 Å². The number of pyridine rings is 1. The second-order valence-corrected chi connectivity index (χ2v) is 7.83. The van der Waals surface area contributed by atoms with Gasteiger partial charge in [0.1, 0.15) is 17.2 Å². The standard InChI is InChI=1S/C20H19N5O2S/c26-12-25(14-1-2-14)18-9-16(15-3-6-21-19(15)23-18)13-4-7-24(8-5-13)20(27)17-10-28-11-22-17/h3-4,6,9-12,14H,1-2,5,7-8H2,(H,21,23). The van der Waals surface area contributed by atoms with E-state index >= 15 is 0 Å². The first kappa shape index (κ1) is 17.1. The molecule has 8 heteroatoms. The molecule has 0 spiro atoms. The van der Waals surface area contributed by atoms with Gasteiger partial charge in [-0.3, -0.25) is 14.5 Å². The minimum Gasteiger partial charge on any atom is -0.346 e. The van der Waals surface area contributed by atoms with Gasteiger partial charge in [-0.15, -0.1) is 11.3 Å². The van der Waals surface area contributed by atoms with Gasteiger partial charge in [0.2, 0.25) is 6.41 Å². The molecule has 1 aliphatic carbocycles. The van der Waals surface area contributed by atoms with Crippen LogP contribution in [-0.2, 0) is 4.79 Å². The Morgan fingerprint density at radius 1 is 1.39 bits per heavy atom. The Morgan fingerprint density at radius 3 is 2.96 bits per heavy atom. The number of nitrogens with one attached hydrogen (secondary N) is 1. The number of aromatic amines is 1. The normalized spacial score (nSPS) is 16.9. The number of thiazole rings is 1. The van der Waals surface area contributed by atoms with Crippen LogP contribution in [-0.4, -0.2) is 51.3 Å². The van der Waals surface area contributed by atoms with Crippen LogP contribution in [0.25, 0.3) is 16.6 Å². The van der Waals surface area contributed by atoms with E-state index in [1.54, 1.807) is 15.8 Å². The lowest BCUT2D eigenvalue weighted by atomic mass is 9.97. The Kier molecular flexibility index (Phi) is 4.20. The van der Waals surface area contributed by atoms with Crippen molar-refractivity contribution >= 4 is 46.1 Å². The number of amides is 2. The minimum absolute atomic E-state index is 0.0281. The van der Waals surface area contributed by atoms with Gasteiger partial charge in [-0.2, -0.15) is 0 Å². The zero-order valence-corrected chi connectivity index (χ0v) is 16.0. The third-order valence-corrected chi connectivity index (χ3v) is 5.91. The third kappa shape index (κ3) is 2.99. The average molecular weight is 393 g/mol. The molecule has 2 aliphatic rings. The molecule has 28 heavy (non-hydrogen) atoms. The molecule has 0 radical (unpaired) electrons. The Bertz CT molecular complexity index is 1070. The molecule has 0 atom stereocenters. The molecule has 0 saturated heterocycles. The van der Waals surface area contributed by atoms with Gasteiger partial charge < -0.3 is 9.88 Å². The largest absolute Gasteiger partial charge is 0.346 e. The zero-order chi connectivity index (χ0) is 19.1. The van der Waals surface area contributed by atoms with E-state index in [4.69, 9.17) is 0 Å². The van der Waals surface area contributed by atoms with Gasteiger partial charge in [0.15, 0.2) is 0 Å². The van der Waals surface area contributed by atoms with Crippen molar-refractivity contribution in [2.24, 2.45) is 0 Å². The van der Waals surface area contributed by atoms with Gasteiger partial charge in [0, 0.05) is 36.1 Å². The zero-order valence-electron chi connectivity index (χ0n) is 15.2. The fraction of sp³-hybridized carbons (Fsp3) is 0.300. The summed E-state index contributed by atoms with van der Waals surface area (Å²) in [5.41, 5.74) is 5.22. The van der Waals surface area contributed by atoms with E-state index in [-0.39, 0.29) is 11.9 Å². The monoisotopic (exact) mass is 393 g/mol. The van der Waals surface area contributed by atoms with E-state index in [1.807, 2.05) is 23.2 Å². The van der Waals surface area contributed by atoms with Crippen molar-refractivity contribution in [1.29, 1.82) is 0 Å². The summed E-state index contributed by atoms with van der Waals surface area (Å²) in [5.74, 6) is 0.656. The van der Waals surface area contributed by atoms with Gasteiger partial charge in [-0.25, -0.2) is 9.97 Å². The number of carbonyl (C=O) groups is 2. The first-order valence-electron chi connectivity index (χ1n) is 9.33. The highest BCUT2D eigenvalue weighted by atomic mass is 32.1. The Morgan fingerprint density at radius 2 is 2.29 bits per heavy atom. The molecule has 2 amide bonds. The summed E-state index contributed by atoms with van der Waals surface area (Å²) in [5, 5.41) is 2.82. The maximum absolute atomic E-state index is 12.5. The van der Waals surface area contributed by atoms with Crippen molar-refractivity contribution in [3.63, 3.8) is 0 Å². The summed E-state index contributed by atoms with van der Waals surface area (Å²) >= 11 is 1.43. The fourth-order valence-corrected chi connectivity index (χ4v) is 4.21. The average Bonchev–Trinajstić information content (AvgIpc) is 3.21. The lowest BCUT2D eigenvalue weighted by Crippen LogP contribution is -2.34. The molecule has 4 heterocycles. The number of rotatable bonds is 5. The lowest BCUT2D eigenvalue weighted by Gasteiger charge is -2.26. The van der Waals surface area contributed by atoms with Crippen LogP contribution in [0.5, 0.6) is 0 Å². The van der Waals surface area contributed by atoms with Crippen LogP contribution in [0, 0.1) is 0 Å². The van der Waals surface area contributed by atoms with E-state index < -0.39 is 0 Å². The van der Waals surface area contributed by atoms with Crippen molar-refractivity contribution in [1.82, 2.24) is 19.9 Å². The minimum atomic E-state index is -0.0281. The number of nitrogens with zero attached hydrogens (tertiary/aromatic N) is 4. The number of hydrogen-bond donors (Lipinski definition) is 1. The first-order chi connectivity index (χ1) is 13.7. The SMILES string of the molecule is O=CN(c1cc(C2=CCN(C(=O)c3cscn3)CC2)c2cc[nH]c2n1)C1CC1. The molecule has 1 aliphatic heterocycles. The number of carbonyl (C=O) groups excluding carboxylic acids is 2.